The van der Waals surface area contributed by atoms with Crippen LogP contribution >= 0.6 is 11.3 Å². The number of hydrogen-bond acceptors (Lipinski definition) is 3. The fourth-order valence-corrected chi connectivity index (χ4v) is 2.85. The van der Waals surface area contributed by atoms with Gasteiger partial charge in [-0.25, -0.2) is 4.98 Å². The Bertz CT molecular complexity index is 369. The van der Waals surface area contributed by atoms with Crippen LogP contribution in [0.15, 0.2) is 0 Å². The average Bonchev–Trinajstić information content (AvgIpc) is 2.59. The molecule has 0 radical (unpaired) electrons. The minimum Gasteiger partial charge on any atom is -0.356 e. The molecule has 0 aliphatic heterocycles. The average molecular weight is 254 g/mol. The number of thiazole rings is 1. The van der Waals surface area contributed by atoms with E-state index in [1.54, 1.807) is 11.3 Å². The molecule has 96 valence electrons. The molecule has 0 bridgehead atoms. The summed E-state index contributed by atoms with van der Waals surface area (Å²) >= 11 is 1.72. The Morgan fingerprint density at radius 2 is 2.00 bits per heavy atom. The van der Waals surface area contributed by atoms with E-state index in [1.165, 1.54) is 4.88 Å². The quantitative estimate of drug-likeness (QED) is 0.848. The van der Waals surface area contributed by atoms with Crippen molar-refractivity contribution in [1.82, 2.24) is 10.3 Å². The van der Waals surface area contributed by atoms with Crippen molar-refractivity contribution in [2.75, 3.05) is 6.54 Å². The zero-order chi connectivity index (χ0) is 12.8. The van der Waals surface area contributed by atoms with E-state index >= 15 is 0 Å². The normalized spacial score (nSPS) is 10.9. The van der Waals surface area contributed by atoms with Gasteiger partial charge in [0.25, 0.3) is 0 Å². The molecular weight excluding hydrogens is 232 g/mol. The number of nitrogens with one attached hydrogen (secondary N) is 1. The molecule has 4 heteroatoms. The highest BCUT2D eigenvalue weighted by Gasteiger charge is 2.13. The van der Waals surface area contributed by atoms with Gasteiger partial charge in [-0.15, -0.1) is 11.3 Å². The first kappa shape index (κ1) is 14.2. The zero-order valence-electron chi connectivity index (χ0n) is 11.2. The lowest BCUT2D eigenvalue weighted by molar-refractivity contribution is -0.125. The first-order chi connectivity index (χ1) is 8.08. The second-order valence-electron chi connectivity index (χ2n) is 4.30. The van der Waals surface area contributed by atoms with Gasteiger partial charge in [-0.05, 0) is 26.7 Å². The Morgan fingerprint density at radius 3 is 2.47 bits per heavy atom. The summed E-state index contributed by atoms with van der Waals surface area (Å²) < 4.78 is 0. The van der Waals surface area contributed by atoms with Gasteiger partial charge in [0.2, 0.25) is 5.91 Å². The molecule has 0 aliphatic rings. The fourth-order valence-electron chi connectivity index (χ4n) is 1.91. The Kier molecular flexibility index (Phi) is 5.62. The standard InChI is InChI=1S/C13H22N2OS/c1-5-11(6-2)13(16)14-8-7-12-9(3)15-10(4)17-12/h11H,5-8H2,1-4H3,(H,14,16). The van der Waals surface area contributed by atoms with E-state index in [4.69, 9.17) is 0 Å². The van der Waals surface area contributed by atoms with Gasteiger partial charge in [0.05, 0.1) is 10.7 Å². The maximum atomic E-state index is 11.8. The predicted octanol–water partition coefficient (Wildman–Crippen LogP) is 2.85. The first-order valence-corrected chi connectivity index (χ1v) is 7.10. The molecule has 0 aromatic carbocycles. The third-order valence-electron chi connectivity index (χ3n) is 3.01. The Balaban J connectivity index is 2.37. The topological polar surface area (TPSA) is 42.0 Å². The van der Waals surface area contributed by atoms with Crippen LogP contribution in [-0.4, -0.2) is 17.4 Å². The minimum atomic E-state index is 0.166. The highest BCUT2D eigenvalue weighted by molar-refractivity contribution is 7.11. The molecule has 1 heterocycles. The SMILES string of the molecule is CCC(CC)C(=O)NCCc1sc(C)nc1C. The summed E-state index contributed by atoms with van der Waals surface area (Å²) in [6, 6.07) is 0. The summed E-state index contributed by atoms with van der Waals surface area (Å²) in [5, 5.41) is 4.11. The van der Waals surface area contributed by atoms with E-state index in [2.05, 4.69) is 24.1 Å². The van der Waals surface area contributed by atoms with E-state index < -0.39 is 0 Å². The number of nitrogens with zero attached hydrogens (tertiary/aromatic N) is 1. The van der Waals surface area contributed by atoms with E-state index in [1.807, 2.05) is 13.8 Å². The van der Waals surface area contributed by atoms with Gasteiger partial charge in [-0.2, -0.15) is 0 Å². The van der Waals surface area contributed by atoms with Gasteiger partial charge in [0.1, 0.15) is 0 Å². The van der Waals surface area contributed by atoms with Gasteiger partial charge < -0.3 is 5.32 Å². The van der Waals surface area contributed by atoms with Gasteiger partial charge >= 0.3 is 0 Å². The molecule has 0 aliphatic carbocycles. The summed E-state index contributed by atoms with van der Waals surface area (Å²) in [4.78, 5) is 17.4. The van der Waals surface area contributed by atoms with Crippen LogP contribution in [0.3, 0.4) is 0 Å². The predicted molar refractivity (Wildman–Crippen MR) is 72.4 cm³/mol. The Hall–Kier alpha value is -0.900. The van der Waals surface area contributed by atoms with Gasteiger partial charge in [0, 0.05) is 23.8 Å². The summed E-state index contributed by atoms with van der Waals surface area (Å²) in [6.45, 7) is 8.89. The minimum absolute atomic E-state index is 0.166. The smallest absolute Gasteiger partial charge is 0.223 e. The number of amides is 1. The fraction of sp³-hybridized carbons (Fsp3) is 0.692. The van der Waals surface area contributed by atoms with Crippen molar-refractivity contribution in [3.8, 4) is 0 Å². The molecule has 0 unspecified atom stereocenters. The van der Waals surface area contributed by atoms with Crippen LogP contribution in [-0.2, 0) is 11.2 Å². The Morgan fingerprint density at radius 1 is 1.35 bits per heavy atom. The second-order valence-corrected chi connectivity index (χ2v) is 5.58. The molecule has 1 amide bonds. The summed E-state index contributed by atoms with van der Waals surface area (Å²) in [5.41, 5.74) is 1.10. The lowest BCUT2D eigenvalue weighted by Crippen LogP contribution is -2.31. The monoisotopic (exact) mass is 254 g/mol. The zero-order valence-corrected chi connectivity index (χ0v) is 12.0. The van der Waals surface area contributed by atoms with Crippen molar-refractivity contribution in [1.29, 1.82) is 0 Å². The highest BCUT2D eigenvalue weighted by Crippen LogP contribution is 2.17. The number of aromatic nitrogens is 1. The molecular formula is C13H22N2OS. The van der Waals surface area contributed by atoms with Gasteiger partial charge in [-0.1, -0.05) is 13.8 Å². The Labute approximate surface area is 108 Å². The third kappa shape index (κ3) is 4.11. The van der Waals surface area contributed by atoms with E-state index in [-0.39, 0.29) is 11.8 Å². The van der Waals surface area contributed by atoms with Crippen LogP contribution in [0, 0.1) is 19.8 Å². The molecule has 0 saturated carbocycles. The van der Waals surface area contributed by atoms with E-state index in [9.17, 15) is 4.79 Å². The molecule has 1 N–H and O–H groups in total. The number of hydrogen-bond donors (Lipinski definition) is 1. The number of carbonyl (C=O) groups is 1. The number of carbonyl (C=O) groups excluding carboxylic acids is 1. The first-order valence-electron chi connectivity index (χ1n) is 6.29. The highest BCUT2D eigenvalue weighted by atomic mass is 32.1. The van der Waals surface area contributed by atoms with Crippen LogP contribution < -0.4 is 5.32 Å². The van der Waals surface area contributed by atoms with Crippen molar-refractivity contribution in [3.05, 3.63) is 15.6 Å². The molecule has 3 nitrogen and oxygen atoms in total. The van der Waals surface area contributed by atoms with Gasteiger partial charge in [-0.3, -0.25) is 4.79 Å². The van der Waals surface area contributed by atoms with Crippen molar-refractivity contribution < 1.29 is 4.79 Å². The van der Waals surface area contributed by atoms with Crippen molar-refractivity contribution in [2.45, 2.75) is 47.0 Å². The summed E-state index contributed by atoms with van der Waals surface area (Å²) in [5.74, 6) is 0.355. The number of rotatable bonds is 6. The van der Waals surface area contributed by atoms with Crippen LogP contribution in [0.4, 0.5) is 0 Å². The molecule has 0 fully saturated rings. The summed E-state index contributed by atoms with van der Waals surface area (Å²) in [7, 11) is 0. The maximum Gasteiger partial charge on any atom is 0.223 e. The summed E-state index contributed by atoms with van der Waals surface area (Å²) in [6.07, 6.45) is 2.73. The van der Waals surface area contributed by atoms with Crippen molar-refractivity contribution >= 4 is 17.2 Å². The van der Waals surface area contributed by atoms with Gasteiger partial charge in [0.15, 0.2) is 0 Å². The van der Waals surface area contributed by atoms with Crippen LogP contribution in [0.25, 0.3) is 0 Å². The molecule has 1 aromatic heterocycles. The molecule has 1 aromatic rings. The lowest BCUT2D eigenvalue weighted by Gasteiger charge is -2.12. The molecule has 0 spiro atoms. The molecule has 0 saturated heterocycles. The largest absolute Gasteiger partial charge is 0.356 e. The second kappa shape index (κ2) is 6.74. The number of aryl methyl sites for hydroxylation is 2. The molecule has 1 rings (SSSR count). The molecule has 17 heavy (non-hydrogen) atoms. The maximum absolute atomic E-state index is 11.8. The lowest BCUT2D eigenvalue weighted by atomic mass is 10.0. The van der Waals surface area contributed by atoms with Crippen LogP contribution in [0.5, 0.6) is 0 Å². The van der Waals surface area contributed by atoms with Crippen molar-refractivity contribution in [2.24, 2.45) is 5.92 Å². The van der Waals surface area contributed by atoms with Crippen LogP contribution in [0.1, 0.15) is 42.3 Å². The molecule has 0 atom stereocenters. The third-order valence-corrected chi connectivity index (χ3v) is 4.14. The van der Waals surface area contributed by atoms with E-state index in [0.29, 0.717) is 0 Å². The van der Waals surface area contributed by atoms with Crippen molar-refractivity contribution in [3.63, 3.8) is 0 Å². The van der Waals surface area contributed by atoms with Crippen LogP contribution in [0.2, 0.25) is 0 Å². The van der Waals surface area contributed by atoms with E-state index in [0.717, 1.165) is 36.5 Å².